The van der Waals surface area contributed by atoms with E-state index in [2.05, 4.69) is 41.2 Å². The predicted octanol–water partition coefficient (Wildman–Crippen LogP) is 2.76. The second-order valence-electron chi connectivity index (χ2n) is 3.75. The molecule has 0 unspecified atom stereocenters. The molecular weight excluding hydrogens is 184 g/mol. The van der Waals surface area contributed by atoms with E-state index < -0.39 is 0 Å². The van der Waals surface area contributed by atoms with Gasteiger partial charge in [-0.1, -0.05) is 29.8 Å². The van der Waals surface area contributed by atoms with Gasteiger partial charge >= 0.3 is 0 Å². The topological polar surface area (TPSA) is 24.7 Å². The molecule has 0 spiro atoms. The summed E-state index contributed by atoms with van der Waals surface area (Å²) in [7, 11) is 0. The van der Waals surface area contributed by atoms with Crippen molar-refractivity contribution in [3.8, 4) is 0 Å². The van der Waals surface area contributed by atoms with E-state index in [0.717, 1.165) is 22.4 Å². The van der Waals surface area contributed by atoms with Crippen LogP contribution in [0.3, 0.4) is 0 Å². The Labute approximate surface area is 88.4 Å². The van der Waals surface area contributed by atoms with Crippen molar-refractivity contribution in [3.05, 3.63) is 52.7 Å². The van der Waals surface area contributed by atoms with Gasteiger partial charge in [-0.25, -0.2) is 0 Å². The van der Waals surface area contributed by atoms with Crippen LogP contribution in [0.1, 0.15) is 11.1 Å². The van der Waals surface area contributed by atoms with Crippen LogP contribution in [0.15, 0.2) is 51.6 Å². The number of rotatable bonds is 1. The van der Waals surface area contributed by atoms with Crippen molar-refractivity contribution in [1.29, 1.82) is 0 Å². The van der Waals surface area contributed by atoms with Gasteiger partial charge in [0.25, 0.3) is 0 Å². The number of allylic oxidation sites excluding steroid dienone is 2. The molecule has 0 aromatic heterocycles. The third-order valence-electron chi connectivity index (χ3n) is 2.64. The van der Waals surface area contributed by atoms with Crippen LogP contribution < -0.4 is 0 Å². The number of benzene rings is 1. The first-order chi connectivity index (χ1) is 7.34. The van der Waals surface area contributed by atoms with Crippen LogP contribution >= 0.6 is 0 Å². The molecule has 0 saturated carbocycles. The fraction of sp³-hybridized carbons (Fsp3) is 0.0769. The Bertz CT molecular complexity index is 528. The fourth-order valence-corrected chi connectivity index (χ4v) is 1.78. The second kappa shape index (κ2) is 3.02. The molecule has 1 aromatic rings. The SMILES string of the molecule is Cc1ccc(C2=C3C=NC=C3C=N2)cc1. The van der Waals surface area contributed by atoms with Gasteiger partial charge < -0.3 is 0 Å². The zero-order chi connectivity index (χ0) is 10.3. The maximum Gasteiger partial charge on any atom is 0.0797 e. The van der Waals surface area contributed by atoms with Gasteiger partial charge in [-0.15, -0.1) is 0 Å². The Balaban J connectivity index is 2.12. The van der Waals surface area contributed by atoms with E-state index in [1.807, 2.05) is 18.6 Å². The van der Waals surface area contributed by atoms with E-state index in [0.29, 0.717) is 0 Å². The van der Waals surface area contributed by atoms with Gasteiger partial charge in [0.15, 0.2) is 0 Å². The van der Waals surface area contributed by atoms with Crippen LogP contribution in [0, 0.1) is 6.92 Å². The molecule has 2 heterocycles. The minimum atomic E-state index is 1.03. The zero-order valence-corrected chi connectivity index (χ0v) is 8.44. The molecule has 3 rings (SSSR count). The highest BCUT2D eigenvalue weighted by Crippen LogP contribution is 2.30. The van der Waals surface area contributed by atoms with Crippen molar-refractivity contribution in [2.24, 2.45) is 9.98 Å². The van der Waals surface area contributed by atoms with Crippen LogP contribution in [0.25, 0.3) is 5.70 Å². The molecule has 0 atom stereocenters. The number of aryl methyl sites for hydroxylation is 1. The number of nitrogens with zero attached hydrogens (tertiary/aromatic N) is 2. The maximum atomic E-state index is 4.42. The van der Waals surface area contributed by atoms with Crippen LogP contribution in [0.2, 0.25) is 0 Å². The molecule has 0 saturated heterocycles. The number of hydrogen-bond acceptors (Lipinski definition) is 2. The molecule has 2 aliphatic heterocycles. The summed E-state index contributed by atoms with van der Waals surface area (Å²) in [5, 5.41) is 0. The highest BCUT2D eigenvalue weighted by molar-refractivity contribution is 6.12. The number of aliphatic imine (C=N–C) groups is 2. The van der Waals surface area contributed by atoms with Gasteiger partial charge in [-0.3, -0.25) is 9.98 Å². The van der Waals surface area contributed by atoms with Crippen LogP contribution in [-0.2, 0) is 0 Å². The zero-order valence-electron chi connectivity index (χ0n) is 8.44. The Morgan fingerprint density at radius 1 is 1.00 bits per heavy atom. The summed E-state index contributed by atoms with van der Waals surface area (Å²) in [4.78, 5) is 8.54. The van der Waals surface area contributed by atoms with E-state index in [1.54, 1.807) is 0 Å². The Kier molecular flexibility index (Phi) is 1.68. The second-order valence-corrected chi connectivity index (χ2v) is 3.75. The van der Waals surface area contributed by atoms with E-state index in [9.17, 15) is 0 Å². The van der Waals surface area contributed by atoms with E-state index in [-0.39, 0.29) is 0 Å². The smallest absolute Gasteiger partial charge is 0.0797 e. The van der Waals surface area contributed by atoms with Crippen molar-refractivity contribution in [1.82, 2.24) is 0 Å². The van der Waals surface area contributed by atoms with Gasteiger partial charge in [-0.2, -0.15) is 0 Å². The predicted molar refractivity (Wildman–Crippen MR) is 63.2 cm³/mol. The number of hydrogen-bond donors (Lipinski definition) is 0. The first-order valence-corrected chi connectivity index (χ1v) is 4.94. The molecule has 2 aliphatic rings. The lowest BCUT2D eigenvalue weighted by molar-refractivity contribution is 1.43. The average Bonchev–Trinajstić information content (AvgIpc) is 2.80. The molecule has 0 amide bonds. The van der Waals surface area contributed by atoms with E-state index in [1.165, 1.54) is 5.56 Å². The molecule has 1 aromatic carbocycles. The minimum absolute atomic E-state index is 1.03. The van der Waals surface area contributed by atoms with E-state index >= 15 is 0 Å². The quantitative estimate of drug-likeness (QED) is 0.656. The summed E-state index contributed by atoms with van der Waals surface area (Å²) < 4.78 is 0. The van der Waals surface area contributed by atoms with Crippen molar-refractivity contribution in [3.63, 3.8) is 0 Å². The molecular formula is C13H10N2. The molecule has 0 aliphatic carbocycles. The summed E-state index contributed by atoms with van der Waals surface area (Å²) >= 11 is 0. The third kappa shape index (κ3) is 1.26. The standard InChI is InChI=1S/C13H10N2/c1-9-2-4-10(5-3-9)13-12-8-14-6-11(12)7-15-13/h2-8H,1H3. The van der Waals surface area contributed by atoms with Crippen molar-refractivity contribution in [2.45, 2.75) is 6.92 Å². The first kappa shape index (κ1) is 8.36. The Hall–Kier alpha value is -1.96. The molecule has 0 bridgehead atoms. The molecule has 0 N–H and O–H groups in total. The van der Waals surface area contributed by atoms with Crippen LogP contribution in [0.5, 0.6) is 0 Å². The van der Waals surface area contributed by atoms with Crippen molar-refractivity contribution < 1.29 is 0 Å². The largest absolute Gasteiger partial charge is 0.263 e. The molecule has 72 valence electrons. The fourth-order valence-electron chi connectivity index (χ4n) is 1.78. The summed E-state index contributed by atoms with van der Waals surface area (Å²) in [6, 6.07) is 8.41. The average molecular weight is 194 g/mol. The monoisotopic (exact) mass is 194 g/mol. The molecule has 0 radical (unpaired) electrons. The van der Waals surface area contributed by atoms with Crippen LogP contribution in [0.4, 0.5) is 0 Å². The highest BCUT2D eigenvalue weighted by Gasteiger charge is 2.18. The Morgan fingerprint density at radius 2 is 1.80 bits per heavy atom. The minimum Gasteiger partial charge on any atom is -0.263 e. The summed E-state index contributed by atoms with van der Waals surface area (Å²) in [6.45, 7) is 2.09. The number of fused-ring (bicyclic) bond motifs is 1. The van der Waals surface area contributed by atoms with E-state index in [4.69, 9.17) is 0 Å². The maximum absolute atomic E-state index is 4.42. The molecule has 0 fully saturated rings. The molecule has 2 heteroatoms. The van der Waals surface area contributed by atoms with Crippen molar-refractivity contribution in [2.75, 3.05) is 0 Å². The van der Waals surface area contributed by atoms with Gasteiger partial charge in [0, 0.05) is 35.3 Å². The highest BCUT2D eigenvalue weighted by atomic mass is 14.8. The van der Waals surface area contributed by atoms with Gasteiger partial charge in [0.2, 0.25) is 0 Å². The summed E-state index contributed by atoms with van der Waals surface area (Å²) in [5.41, 5.74) is 5.71. The van der Waals surface area contributed by atoms with Crippen molar-refractivity contribution >= 4 is 18.1 Å². The lowest BCUT2D eigenvalue weighted by Crippen LogP contribution is -1.86. The lowest BCUT2D eigenvalue weighted by atomic mass is 10.0. The molecule has 2 nitrogen and oxygen atoms in total. The summed E-state index contributed by atoms with van der Waals surface area (Å²) in [5.74, 6) is 0. The van der Waals surface area contributed by atoms with Gasteiger partial charge in [0.1, 0.15) is 0 Å². The van der Waals surface area contributed by atoms with Gasteiger partial charge in [0.05, 0.1) is 5.70 Å². The van der Waals surface area contributed by atoms with Crippen LogP contribution in [-0.4, -0.2) is 12.4 Å². The van der Waals surface area contributed by atoms with Gasteiger partial charge in [-0.05, 0) is 6.92 Å². The summed E-state index contributed by atoms with van der Waals surface area (Å²) in [6.07, 6.45) is 5.59. The first-order valence-electron chi connectivity index (χ1n) is 4.94. The Morgan fingerprint density at radius 3 is 2.60 bits per heavy atom. The molecule has 15 heavy (non-hydrogen) atoms. The normalized spacial score (nSPS) is 17.3. The lowest BCUT2D eigenvalue weighted by Gasteiger charge is -2.01. The third-order valence-corrected chi connectivity index (χ3v) is 2.64.